The van der Waals surface area contributed by atoms with E-state index in [9.17, 15) is 5.11 Å². The topological polar surface area (TPSA) is 20.2 Å². The van der Waals surface area contributed by atoms with E-state index in [0.717, 1.165) is 23.7 Å². The highest BCUT2D eigenvalue weighted by Gasteiger charge is 2.57. The highest BCUT2D eigenvalue weighted by Crippen LogP contribution is 2.65. The molecule has 0 aromatic carbocycles. The fourth-order valence-electron chi connectivity index (χ4n) is 6.89. The molecule has 0 heterocycles. The van der Waals surface area contributed by atoms with Gasteiger partial charge in [-0.15, -0.1) is 0 Å². The Hall–Kier alpha value is -0.300. The highest BCUT2D eigenvalue weighted by molar-refractivity contribution is 5.15. The molecule has 0 saturated heterocycles. The first-order valence-corrected chi connectivity index (χ1v) is 8.98. The molecule has 3 saturated carbocycles. The van der Waals surface area contributed by atoms with Crippen LogP contribution < -0.4 is 0 Å². The van der Waals surface area contributed by atoms with Gasteiger partial charge in [-0.3, -0.25) is 0 Å². The summed E-state index contributed by atoms with van der Waals surface area (Å²) in [6.07, 6.45) is 17.4. The molecule has 1 N–H and O–H groups in total. The van der Waals surface area contributed by atoms with Crippen molar-refractivity contribution in [1.29, 1.82) is 0 Å². The summed E-state index contributed by atoms with van der Waals surface area (Å²) < 4.78 is 0. The van der Waals surface area contributed by atoms with Crippen molar-refractivity contribution in [3.63, 3.8) is 0 Å². The van der Waals surface area contributed by atoms with Gasteiger partial charge in [-0.05, 0) is 85.9 Å². The molecule has 0 radical (unpaired) electrons. The quantitative estimate of drug-likeness (QED) is 0.695. The van der Waals surface area contributed by atoms with Crippen molar-refractivity contribution in [2.45, 2.75) is 64.7 Å². The second kappa shape index (κ2) is 4.60. The smallest absolute Gasteiger partial charge is 0.0490 e. The minimum atomic E-state index is 0.322. The summed E-state index contributed by atoms with van der Waals surface area (Å²) >= 11 is 0. The molecule has 0 aromatic rings. The normalized spacial score (nSPS) is 54.1. The van der Waals surface area contributed by atoms with Crippen molar-refractivity contribution in [2.24, 2.45) is 34.5 Å². The molecule has 0 aliphatic heterocycles. The average Bonchev–Trinajstić information content (AvgIpc) is 2.91. The summed E-state index contributed by atoms with van der Waals surface area (Å²) in [6.45, 7) is 3.02. The van der Waals surface area contributed by atoms with Crippen LogP contribution in [-0.4, -0.2) is 11.7 Å². The van der Waals surface area contributed by atoms with E-state index in [1.165, 1.54) is 57.8 Å². The predicted molar refractivity (Wildman–Crippen MR) is 82.3 cm³/mol. The van der Waals surface area contributed by atoms with Crippen LogP contribution in [0.3, 0.4) is 0 Å². The number of allylic oxidation sites excluding steroid dienone is 2. The first kappa shape index (κ1) is 13.4. The molecule has 3 fully saturated rings. The summed E-state index contributed by atoms with van der Waals surface area (Å²) in [5.41, 5.74) is 0.800. The Kier molecular flexibility index (Phi) is 3.07. The van der Waals surface area contributed by atoms with E-state index >= 15 is 0 Å². The van der Waals surface area contributed by atoms with Crippen molar-refractivity contribution < 1.29 is 5.11 Å². The zero-order chi connectivity index (χ0) is 13.8. The summed E-state index contributed by atoms with van der Waals surface area (Å²) in [5, 5.41) is 10.0. The molecule has 4 rings (SSSR count). The van der Waals surface area contributed by atoms with Crippen molar-refractivity contribution in [3.05, 3.63) is 12.2 Å². The van der Waals surface area contributed by atoms with Crippen LogP contribution in [0.2, 0.25) is 0 Å². The number of hydrogen-bond donors (Lipinski definition) is 1. The monoisotopic (exact) mass is 274 g/mol. The largest absolute Gasteiger partial charge is 0.396 e. The van der Waals surface area contributed by atoms with Crippen LogP contribution in [-0.2, 0) is 0 Å². The number of aliphatic hydroxyl groups excluding tert-OH is 1. The number of rotatable bonds is 1. The van der Waals surface area contributed by atoms with Crippen molar-refractivity contribution in [1.82, 2.24) is 0 Å². The Morgan fingerprint density at radius 3 is 2.80 bits per heavy atom. The summed E-state index contributed by atoms with van der Waals surface area (Å²) in [5.74, 6) is 3.58. The number of aliphatic hydroxyl groups is 1. The SMILES string of the molecule is C[C@]12C=CCCC1CC[C@H]1[C@@H]3CCC[C@@]3(CO)CC[C@@H]12. The van der Waals surface area contributed by atoms with Gasteiger partial charge in [-0.2, -0.15) is 0 Å². The fourth-order valence-corrected chi connectivity index (χ4v) is 6.89. The minimum Gasteiger partial charge on any atom is -0.396 e. The highest BCUT2D eigenvalue weighted by atomic mass is 16.3. The lowest BCUT2D eigenvalue weighted by Crippen LogP contribution is -2.52. The van der Waals surface area contributed by atoms with Gasteiger partial charge in [0.05, 0.1) is 0 Å². The zero-order valence-corrected chi connectivity index (χ0v) is 13.0. The molecule has 1 unspecified atom stereocenters. The maximum absolute atomic E-state index is 10.0. The first-order chi connectivity index (χ1) is 9.70. The predicted octanol–water partition coefficient (Wildman–Crippen LogP) is 4.56. The molecule has 20 heavy (non-hydrogen) atoms. The van der Waals surface area contributed by atoms with Crippen LogP contribution in [0.25, 0.3) is 0 Å². The van der Waals surface area contributed by atoms with Gasteiger partial charge < -0.3 is 5.11 Å². The van der Waals surface area contributed by atoms with Gasteiger partial charge in [0, 0.05) is 6.61 Å². The molecular formula is C19H30O. The number of fused-ring (bicyclic) bond motifs is 5. The third kappa shape index (κ3) is 1.65. The van der Waals surface area contributed by atoms with Crippen molar-refractivity contribution >= 4 is 0 Å². The molecule has 4 aliphatic carbocycles. The molecular weight excluding hydrogens is 244 g/mol. The van der Waals surface area contributed by atoms with Gasteiger partial charge in [0.25, 0.3) is 0 Å². The molecule has 0 amide bonds. The van der Waals surface area contributed by atoms with E-state index in [0.29, 0.717) is 17.4 Å². The molecule has 4 aliphatic rings. The Labute approximate surface area is 123 Å². The van der Waals surface area contributed by atoms with Crippen LogP contribution in [0.4, 0.5) is 0 Å². The third-order valence-electron chi connectivity index (χ3n) is 7.96. The Morgan fingerprint density at radius 2 is 1.95 bits per heavy atom. The standard InChI is InChI=1S/C19H30O/c1-18-10-3-2-5-14(18)7-8-15-16(18)9-12-19(13-20)11-4-6-17(15)19/h3,10,14-17,20H,2,4-9,11-13H2,1H3/t14?,15-,16+,17+,18+,19+/m1/s1. The van der Waals surface area contributed by atoms with E-state index in [-0.39, 0.29) is 0 Å². The van der Waals surface area contributed by atoms with Gasteiger partial charge in [0.15, 0.2) is 0 Å². The minimum absolute atomic E-state index is 0.322. The average molecular weight is 274 g/mol. The van der Waals surface area contributed by atoms with E-state index in [2.05, 4.69) is 19.1 Å². The molecule has 0 aromatic heterocycles. The second-order valence-electron chi connectivity index (χ2n) is 8.45. The van der Waals surface area contributed by atoms with Crippen molar-refractivity contribution in [2.75, 3.05) is 6.61 Å². The van der Waals surface area contributed by atoms with E-state index in [1.807, 2.05) is 0 Å². The van der Waals surface area contributed by atoms with Crippen LogP contribution in [0.1, 0.15) is 64.7 Å². The maximum atomic E-state index is 10.0. The molecule has 0 bridgehead atoms. The fraction of sp³-hybridized carbons (Fsp3) is 0.895. The van der Waals surface area contributed by atoms with Crippen LogP contribution in [0.15, 0.2) is 12.2 Å². The van der Waals surface area contributed by atoms with Gasteiger partial charge >= 0.3 is 0 Å². The zero-order valence-electron chi connectivity index (χ0n) is 13.0. The molecule has 1 heteroatoms. The molecule has 0 spiro atoms. The van der Waals surface area contributed by atoms with E-state index in [1.54, 1.807) is 0 Å². The Bertz CT molecular complexity index is 414. The number of hydrogen-bond acceptors (Lipinski definition) is 1. The van der Waals surface area contributed by atoms with Gasteiger partial charge in [0.2, 0.25) is 0 Å². The lowest BCUT2D eigenvalue weighted by atomic mass is 9.46. The third-order valence-corrected chi connectivity index (χ3v) is 7.96. The van der Waals surface area contributed by atoms with E-state index < -0.39 is 0 Å². The van der Waals surface area contributed by atoms with Gasteiger partial charge in [0.1, 0.15) is 0 Å². The Balaban J connectivity index is 1.67. The Morgan fingerprint density at radius 1 is 1.05 bits per heavy atom. The molecule has 112 valence electrons. The van der Waals surface area contributed by atoms with Crippen LogP contribution in [0, 0.1) is 34.5 Å². The summed E-state index contributed by atoms with van der Waals surface area (Å²) in [6, 6.07) is 0. The maximum Gasteiger partial charge on any atom is 0.0490 e. The van der Waals surface area contributed by atoms with Crippen LogP contribution >= 0.6 is 0 Å². The summed E-state index contributed by atoms with van der Waals surface area (Å²) in [7, 11) is 0. The van der Waals surface area contributed by atoms with Gasteiger partial charge in [-0.1, -0.05) is 25.5 Å². The lowest BCUT2D eigenvalue weighted by molar-refractivity contribution is -0.0893. The van der Waals surface area contributed by atoms with Crippen LogP contribution in [0.5, 0.6) is 0 Å². The van der Waals surface area contributed by atoms with Crippen molar-refractivity contribution in [3.8, 4) is 0 Å². The second-order valence-corrected chi connectivity index (χ2v) is 8.45. The molecule has 6 atom stereocenters. The lowest BCUT2D eigenvalue weighted by Gasteiger charge is -2.58. The molecule has 1 nitrogen and oxygen atoms in total. The van der Waals surface area contributed by atoms with E-state index in [4.69, 9.17) is 0 Å². The first-order valence-electron chi connectivity index (χ1n) is 8.98. The van der Waals surface area contributed by atoms with Gasteiger partial charge in [-0.25, -0.2) is 0 Å². The summed E-state index contributed by atoms with van der Waals surface area (Å²) in [4.78, 5) is 0.